The quantitative estimate of drug-likeness (QED) is 0.657. The highest BCUT2D eigenvalue weighted by molar-refractivity contribution is 8.00. The van der Waals surface area contributed by atoms with E-state index in [1.807, 2.05) is 6.92 Å². The van der Waals surface area contributed by atoms with E-state index >= 15 is 0 Å². The summed E-state index contributed by atoms with van der Waals surface area (Å²) in [5.41, 5.74) is 0.217. The second kappa shape index (κ2) is 6.58. The van der Waals surface area contributed by atoms with Crippen molar-refractivity contribution in [1.29, 1.82) is 0 Å². The van der Waals surface area contributed by atoms with Crippen LogP contribution in [0.3, 0.4) is 0 Å². The smallest absolute Gasteiger partial charge is 0.353 e. The molecule has 1 aromatic carbocycles. The van der Waals surface area contributed by atoms with Crippen molar-refractivity contribution >= 4 is 28.6 Å². The number of nitrogens with one attached hydrogen (secondary N) is 1. The molecule has 1 aromatic heterocycles. The average molecular weight is 355 g/mol. The fourth-order valence-corrected chi connectivity index (χ4v) is 3.26. The van der Waals surface area contributed by atoms with Gasteiger partial charge in [0.05, 0.1) is 11.3 Å². The molecule has 0 spiro atoms. The number of para-hydroxylation sites is 1. The van der Waals surface area contributed by atoms with E-state index in [0.29, 0.717) is 11.3 Å². The summed E-state index contributed by atoms with van der Waals surface area (Å²) < 4.78 is 38.8. The van der Waals surface area contributed by atoms with Crippen LogP contribution in [0.15, 0.2) is 29.3 Å². The summed E-state index contributed by atoms with van der Waals surface area (Å²) in [5, 5.41) is 3.56. The number of amides is 1. The van der Waals surface area contributed by atoms with Crippen LogP contribution in [0.1, 0.15) is 25.6 Å². The van der Waals surface area contributed by atoms with Gasteiger partial charge in [-0.15, -0.1) is 0 Å². The van der Waals surface area contributed by atoms with Crippen LogP contribution in [0.5, 0.6) is 0 Å². The third-order valence-electron chi connectivity index (χ3n) is 3.88. The van der Waals surface area contributed by atoms with Gasteiger partial charge in [-0.1, -0.05) is 30.0 Å². The van der Waals surface area contributed by atoms with Crippen molar-refractivity contribution in [2.45, 2.75) is 37.0 Å². The summed E-state index contributed by atoms with van der Waals surface area (Å²) in [6, 6.07) is 6.59. The molecule has 1 N–H and O–H groups in total. The summed E-state index contributed by atoms with van der Waals surface area (Å²) in [5.74, 6) is -0.836. The minimum absolute atomic E-state index is 0.0232. The van der Waals surface area contributed by atoms with Crippen molar-refractivity contribution in [3.63, 3.8) is 0 Å². The number of carbonyl (C=O) groups is 1. The molecule has 2 aromatic rings. The Morgan fingerprint density at radius 3 is 2.71 bits per heavy atom. The molecule has 1 atom stereocenters. The van der Waals surface area contributed by atoms with Gasteiger partial charge >= 0.3 is 6.18 Å². The standard InChI is InChI=1S/C16H16F3N3OS/c1-9(10-6-7-10)20-13(23)8-24-14-11-4-2-3-5-12(11)21-15(22-14)16(17,18)19/h2-5,9-10H,6-8H2,1H3,(H,20,23)/t9-/m0/s1. The van der Waals surface area contributed by atoms with E-state index in [4.69, 9.17) is 0 Å². The predicted molar refractivity (Wildman–Crippen MR) is 85.6 cm³/mol. The Bertz CT molecular complexity index is 762. The molecule has 24 heavy (non-hydrogen) atoms. The first-order valence-corrected chi connectivity index (χ1v) is 8.59. The van der Waals surface area contributed by atoms with Crippen molar-refractivity contribution in [3.05, 3.63) is 30.1 Å². The van der Waals surface area contributed by atoms with Crippen LogP contribution in [-0.4, -0.2) is 27.7 Å². The molecule has 8 heteroatoms. The minimum atomic E-state index is -4.62. The third kappa shape index (κ3) is 3.98. The Kier molecular flexibility index (Phi) is 4.67. The molecule has 4 nitrogen and oxygen atoms in total. The first-order valence-electron chi connectivity index (χ1n) is 7.61. The van der Waals surface area contributed by atoms with Crippen LogP contribution in [0.4, 0.5) is 13.2 Å². The monoisotopic (exact) mass is 355 g/mol. The van der Waals surface area contributed by atoms with Gasteiger partial charge in [-0.25, -0.2) is 9.97 Å². The highest BCUT2D eigenvalue weighted by atomic mass is 32.2. The third-order valence-corrected chi connectivity index (χ3v) is 4.87. The molecule has 0 saturated heterocycles. The van der Waals surface area contributed by atoms with Crippen molar-refractivity contribution in [2.24, 2.45) is 5.92 Å². The summed E-state index contributed by atoms with van der Waals surface area (Å²) in [7, 11) is 0. The van der Waals surface area contributed by atoms with E-state index in [1.54, 1.807) is 18.2 Å². The van der Waals surface area contributed by atoms with Crippen molar-refractivity contribution in [3.8, 4) is 0 Å². The number of hydrogen-bond acceptors (Lipinski definition) is 4. The van der Waals surface area contributed by atoms with Crippen LogP contribution < -0.4 is 5.32 Å². The lowest BCUT2D eigenvalue weighted by Gasteiger charge is -2.13. The first kappa shape index (κ1) is 17.0. The second-order valence-corrected chi connectivity index (χ2v) is 6.81. The fourth-order valence-electron chi connectivity index (χ4n) is 2.43. The Morgan fingerprint density at radius 2 is 2.04 bits per heavy atom. The van der Waals surface area contributed by atoms with Crippen LogP contribution in [-0.2, 0) is 11.0 Å². The number of thioether (sulfide) groups is 1. The summed E-state index contributed by atoms with van der Waals surface area (Å²) in [6.45, 7) is 1.95. The number of nitrogens with zero attached hydrogens (tertiary/aromatic N) is 2. The number of carbonyl (C=O) groups excluding carboxylic acids is 1. The number of benzene rings is 1. The lowest BCUT2D eigenvalue weighted by Crippen LogP contribution is -2.35. The van der Waals surface area contributed by atoms with Gasteiger partial charge in [0.15, 0.2) is 0 Å². The van der Waals surface area contributed by atoms with Crippen LogP contribution in [0, 0.1) is 5.92 Å². The van der Waals surface area contributed by atoms with E-state index < -0.39 is 12.0 Å². The Hall–Kier alpha value is -1.83. The average Bonchev–Trinajstić information content (AvgIpc) is 3.36. The Morgan fingerprint density at radius 1 is 1.33 bits per heavy atom. The normalized spacial score (nSPS) is 16.2. The minimum Gasteiger partial charge on any atom is -0.353 e. The van der Waals surface area contributed by atoms with E-state index in [0.717, 1.165) is 24.6 Å². The number of hydrogen-bond donors (Lipinski definition) is 1. The molecule has 1 aliphatic carbocycles. The second-order valence-electron chi connectivity index (χ2n) is 5.85. The predicted octanol–water partition coefficient (Wildman–Crippen LogP) is 3.66. The number of aromatic nitrogens is 2. The highest BCUT2D eigenvalue weighted by Crippen LogP contribution is 2.33. The lowest BCUT2D eigenvalue weighted by molar-refractivity contribution is -0.145. The molecule has 0 radical (unpaired) electrons. The Balaban J connectivity index is 1.78. The molecule has 1 fully saturated rings. The molecule has 1 heterocycles. The molecule has 0 aliphatic heterocycles. The number of alkyl halides is 3. The number of halogens is 3. The molecule has 0 unspecified atom stereocenters. The van der Waals surface area contributed by atoms with Gasteiger partial charge in [0.2, 0.25) is 11.7 Å². The van der Waals surface area contributed by atoms with Gasteiger partial charge < -0.3 is 5.32 Å². The molecule has 0 bridgehead atoms. The summed E-state index contributed by atoms with van der Waals surface area (Å²) in [6.07, 6.45) is -2.40. The van der Waals surface area contributed by atoms with Gasteiger partial charge in [-0.2, -0.15) is 13.2 Å². The van der Waals surface area contributed by atoms with E-state index in [-0.39, 0.29) is 28.2 Å². The lowest BCUT2D eigenvalue weighted by atomic mass is 10.2. The highest BCUT2D eigenvalue weighted by Gasteiger charge is 2.35. The molecule has 1 amide bonds. The number of fused-ring (bicyclic) bond motifs is 1. The summed E-state index contributed by atoms with van der Waals surface area (Å²) in [4.78, 5) is 19.2. The molecule has 3 rings (SSSR count). The van der Waals surface area contributed by atoms with E-state index in [9.17, 15) is 18.0 Å². The SMILES string of the molecule is C[C@H](NC(=O)CSc1nc(C(F)(F)F)nc2ccccc12)C1CC1. The van der Waals surface area contributed by atoms with Gasteiger partial charge in [-0.3, -0.25) is 4.79 Å². The Labute approximate surface area is 141 Å². The zero-order valence-corrected chi connectivity index (χ0v) is 13.7. The maximum atomic E-state index is 12.9. The largest absolute Gasteiger partial charge is 0.451 e. The van der Waals surface area contributed by atoms with Crippen LogP contribution >= 0.6 is 11.8 Å². The van der Waals surface area contributed by atoms with Gasteiger partial charge in [0.1, 0.15) is 5.03 Å². The van der Waals surface area contributed by atoms with Gasteiger partial charge in [0, 0.05) is 11.4 Å². The maximum absolute atomic E-state index is 12.9. The van der Waals surface area contributed by atoms with Crippen LogP contribution in [0.2, 0.25) is 0 Å². The zero-order chi connectivity index (χ0) is 17.3. The van der Waals surface area contributed by atoms with Crippen molar-refractivity contribution < 1.29 is 18.0 Å². The molecule has 1 aliphatic rings. The molecule has 128 valence electrons. The molecular weight excluding hydrogens is 339 g/mol. The van der Waals surface area contributed by atoms with Crippen molar-refractivity contribution in [2.75, 3.05) is 5.75 Å². The fraction of sp³-hybridized carbons (Fsp3) is 0.438. The summed E-state index contributed by atoms with van der Waals surface area (Å²) >= 11 is 0.999. The topological polar surface area (TPSA) is 54.9 Å². The first-order chi connectivity index (χ1) is 11.3. The zero-order valence-electron chi connectivity index (χ0n) is 12.9. The van der Waals surface area contributed by atoms with Gasteiger partial charge in [0.25, 0.3) is 0 Å². The molecular formula is C16H16F3N3OS. The molecule has 1 saturated carbocycles. The number of rotatable bonds is 5. The van der Waals surface area contributed by atoms with E-state index in [2.05, 4.69) is 15.3 Å². The van der Waals surface area contributed by atoms with Gasteiger partial charge in [-0.05, 0) is 31.7 Å². The van der Waals surface area contributed by atoms with Crippen molar-refractivity contribution in [1.82, 2.24) is 15.3 Å². The maximum Gasteiger partial charge on any atom is 0.451 e. The van der Waals surface area contributed by atoms with Crippen LogP contribution in [0.25, 0.3) is 10.9 Å². The van der Waals surface area contributed by atoms with E-state index in [1.165, 1.54) is 6.07 Å².